The summed E-state index contributed by atoms with van der Waals surface area (Å²) in [5.41, 5.74) is -0.0491. The molecule has 0 saturated carbocycles. The van der Waals surface area contributed by atoms with Crippen molar-refractivity contribution in [1.29, 1.82) is 0 Å². The van der Waals surface area contributed by atoms with Gasteiger partial charge in [0.25, 0.3) is 0 Å². The number of piperidine rings is 2. The predicted octanol–water partition coefficient (Wildman–Crippen LogP) is 0.305. The zero-order valence-electron chi connectivity index (χ0n) is 13.2. The molecule has 6 nitrogen and oxygen atoms in total. The molecule has 0 aromatic carbocycles. The predicted molar refractivity (Wildman–Crippen MR) is 82.4 cm³/mol. The quantitative estimate of drug-likeness (QED) is 0.785. The topological polar surface area (TPSA) is 78.5 Å². The zero-order chi connectivity index (χ0) is 15.7. The summed E-state index contributed by atoms with van der Waals surface area (Å²) in [7, 11) is -3.22. The van der Waals surface area contributed by atoms with Gasteiger partial charge in [-0.1, -0.05) is 13.8 Å². The Morgan fingerprint density at radius 3 is 2.67 bits per heavy atom. The fraction of sp³-hybridized carbons (Fsp3) is 0.929. The molecule has 0 spiro atoms. The second kappa shape index (κ2) is 6.22. The maximum absolute atomic E-state index is 12.8. The van der Waals surface area contributed by atoms with Gasteiger partial charge in [0.05, 0.1) is 12.3 Å². The molecule has 0 bridgehead atoms. The van der Waals surface area contributed by atoms with Crippen molar-refractivity contribution in [3.05, 3.63) is 0 Å². The van der Waals surface area contributed by atoms with Crippen LogP contribution in [0.4, 0.5) is 0 Å². The molecule has 2 N–H and O–H groups in total. The molecule has 0 aromatic rings. The number of hydrogen-bond donors (Lipinski definition) is 2. The number of carbonyl (C=O) groups is 1. The first-order chi connectivity index (χ1) is 9.69. The summed E-state index contributed by atoms with van der Waals surface area (Å²) in [5, 5.41) is 3.34. The van der Waals surface area contributed by atoms with Crippen LogP contribution in [0.5, 0.6) is 0 Å². The Labute approximate surface area is 127 Å². The van der Waals surface area contributed by atoms with Crippen molar-refractivity contribution in [3.63, 3.8) is 0 Å². The second-order valence-electron chi connectivity index (χ2n) is 6.99. The van der Waals surface area contributed by atoms with Gasteiger partial charge in [-0.3, -0.25) is 4.79 Å². The van der Waals surface area contributed by atoms with Crippen molar-refractivity contribution in [3.8, 4) is 0 Å². The normalized spacial score (nSPS) is 30.1. The van der Waals surface area contributed by atoms with Gasteiger partial charge in [-0.15, -0.1) is 0 Å². The van der Waals surface area contributed by atoms with Gasteiger partial charge in [-0.05, 0) is 37.6 Å². The standard InChI is InChI=1S/C14H27N3O3S/c1-14(2)7-5-8-15-12(14)13(18)17-9-4-6-11(10-17)16-21(3,19)20/h11-12,15-16H,4-10H2,1-3H3. The molecule has 0 aromatic heterocycles. The summed E-state index contributed by atoms with van der Waals surface area (Å²) < 4.78 is 25.3. The average molecular weight is 317 g/mol. The SMILES string of the molecule is CC1(C)CCCNC1C(=O)N1CCCC(NS(C)(=O)=O)C1. The number of carbonyl (C=O) groups excluding carboxylic acids is 1. The van der Waals surface area contributed by atoms with Gasteiger partial charge in [-0.25, -0.2) is 13.1 Å². The Kier molecular flexibility index (Phi) is 4.95. The molecule has 7 heteroatoms. The molecule has 2 heterocycles. The van der Waals surface area contributed by atoms with Crippen LogP contribution in [0, 0.1) is 5.41 Å². The van der Waals surface area contributed by atoms with Crippen LogP contribution in [0.2, 0.25) is 0 Å². The lowest BCUT2D eigenvalue weighted by Crippen LogP contribution is -2.59. The molecule has 2 aliphatic heterocycles. The lowest BCUT2D eigenvalue weighted by molar-refractivity contribution is -0.138. The number of nitrogens with one attached hydrogen (secondary N) is 2. The zero-order valence-corrected chi connectivity index (χ0v) is 14.0. The van der Waals surface area contributed by atoms with E-state index in [1.165, 1.54) is 6.26 Å². The van der Waals surface area contributed by atoms with Gasteiger partial charge >= 0.3 is 0 Å². The summed E-state index contributed by atoms with van der Waals surface area (Å²) >= 11 is 0. The molecule has 2 rings (SSSR count). The number of rotatable bonds is 3. The highest BCUT2D eigenvalue weighted by Crippen LogP contribution is 2.31. The molecule has 2 atom stereocenters. The maximum atomic E-state index is 12.8. The van der Waals surface area contributed by atoms with Crippen LogP contribution in [0.3, 0.4) is 0 Å². The third-order valence-electron chi connectivity index (χ3n) is 4.49. The molecule has 2 unspecified atom stereocenters. The maximum Gasteiger partial charge on any atom is 0.240 e. The highest BCUT2D eigenvalue weighted by atomic mass is 32.2. The molecule has 0 aliphatic carbocycles. The number of hydrogen-bond acceptors (Lipinski definition) is 4. The average Bonchev–Trinajstić information content (AvgIpc) is 2.36. The van der Waals surface area contributed by atoms with Crippen LogP contribution in [0.15, 0.2) is 0 Å². The first-order valence-electron chi connectivity index (χ1n) is 7.68. The molecule has 2 fully saturated rings. The van der Waals surface area contributed by atoms with E-state index in [1.807, 2.05) is 4.90 Å². The molecule has 0 radical (unpaired) electrons. The van der Waals surface area contributed by atoms with Crippen molar-refractivity contribution >= 4 is 15.9 Å². The molecule has 21 heavy (non-hydrogen) atoms. The third-order valence-corrected chi connectivity index (χ3v) is 5.25. The Hall–Kier alpha value is -0.660. The number of sulfonamides is 1. The van der Waals surface area contributed by atoms with E-state index in [4.69, 9.17) is 0 Å². The van der Waals surface area contributed by atoms with E-state index in [0.29, 0.717) is 6.54 Å². The minimum atomic E-state index is -3.22. The van der Waals surface area contributed by atoms with E-state index >= 15 is 0 Å². The first-order valence-corrected chi connectivity index (χ1v) is 9.58. The summed E-state index contributed by atoms with van der Waals surface area (Å²) in [6, 6.07) is -0.326. The highest BCUT2D eigenvalue weighted by molar-refractivity contribution is 7.88. The fourth-order valence-corrected chi connectivity index (χ4v) is 4.19. The number of nitrogens with zero attached hydrogens (tertiary/aromatic N) is 1. The largest absolute Gasteiger partial charge is 0.340 e. The molecule has 122 valence electrons. The van der Waals surface area contributed by atoms with Crippen molar-refractivity contribution < 1.29 is 13.2 Å². The van der Waals surface area contributed by atoms with E-state index < -0.39 is 10.0 Å². The minimum absolute atomic E-state index is 0.0491. The van der Waals surface area contributed by atoms with Crippen LogP contribution >= 0.6 is 0 Å². The third kappa shape index (κ3) is 4.40. The van der Waals surface area contributed by atoms with E-state index in [9.17, 15) is 13.2 Å². The van der Waals surface area contributed by atoms with E-state index in [2.05, 4.69) is 23.9 Å². The molecule has 2 saturated heterocycles. The van der Waals surface area contributed by atoms with Crippen LogP contribution in [0.1, 0.15) is 39.5 Å². The van der Waals surface area contributed by atoms with Gasteiger partial charge in [0, 0.05) is 19.1 Å². The van der Waals surface area contributed by atoms with Gasteiger partial charge in [-0.2, -0.15) is 0 Å². The van der Waals surface area contributed by atoms with E-state index in [0.717, 1.165) is 38.8 Å². The fourth-order valence-electron chi connectivity index (χ4n) is 3.39. The van der Waals surface area contributed by atoms with E-state index in [1.54, 1.807) is 0 Å². The van der Waals surface area contributed by atoms with Crippen molar-refractivity contribution in [2.24, 2.45) is 5.41 Å². The molecular weight excluding hydrogens is 290 g/mol. The van der Waals surface area contributed by atoms with Crippen LogP contribution in [0.25, 0.3) is 0 Å². The van der Waals surface area contributed by atoms with Crippen LogP contribution in [-0.4, -0.2) is 57.2 Å². The van der Waals surface area contributed by atoms with Crippen LogP contribution < -0.4 is 10.0 Å². The first kappa shape index (κ1) is 16.7. The van der Waals surface area contributed by atoms with Gasteiger partial charge in [0.2, 0.25) is 15.9 Å². The monoisotopic (exact) mass is 317 g/mol. The summed E-state index contributed by atoms with van der Waals surface area (Å²) in [5.74, 6) is 0.111. The summed E-state index contributed by atoms with van der Waals surface area (Å²) in [4.78, 5) is 14.6. The number of likely N-dealkylation sites (tertiary alicyclic amines) is 1. The van der Waals surface area contributed by atoms with Gasteiger partial charge < -0.3 is 10.2 Å². The smallest absolute Gasteiger partial charge is 0.240 e. The van der Waals surface area contributed by atoms with Gasteiger partial charge in [0.15, 0.2) is 0 Å². The van der Waals surface area contributed by atoms with Gasteiger partial charge in [0.1, 0.15) is 0 Å². The molecular formula is C14H27N3O3S. The summed E-state index contributed by atoms with van der Waals surface area (Å²) in [6.07, 6.45) is 4.92. The van der Waals surface area contributed by atoms with E-state index in [-0.39, 0.29) is 23.4 Å². The minimum Gasteiger partial charge on any atom is -0.340 e. The Bertz CT molecular complexity index is 490. The molecule has 1 amide bonds. The summed E-state index contributed by atoms with van der Waals surface area (Å²) in [6.45, 7) is 6.31. The van der Waals surface area contributed by atoms with Crippen molar-refractivity contribution in [2.75, 3.05) is 25.9 Å². The lowest BCUT2D eigenvalue weighted by atomic mass is 9.77. The lowest BCUT2D eigenvalue weighted by Gasteiger charge is -2.42. The number of amides is 1. The molecule has 2 aliphatic rings. The van der Waals surface area contributed by atoms with Crippen LogP contribution in [-0.2, 0) is 14.8 Å². The van der Waals surface area contributed by atoms with Crippen molar-refractivity contribution in [1.82, 2.24) is 14.9 Å². The highest BCUT2D eigenvalue weighted by Gasteiger charge is 2.40. The Morgan fingerprint density at radius 2 is 2.05 bits per heavy atom. The Balaban J connectivity index is 2.01. The second-order valence-corrected chi connectivity index (χ2v) is 8.77. The van der Waals surface area contributed by atoms with Crippen molar-refractivity contribution in [2.45, 2.75) is 51.6 Å². The Morgan fingerprint density at radius 1 is 1.33 bits per heavy atom.